The van der Waals surface area contributed by atoms with E-state index in [-0.39, 0.29) is 21.4 Å². The van der Waals surface area contributed by atoms with Crippen LogP contribution < -0.4 is 10.2 Å². The van der Waals surface area contributed by atoms with Gasteiger partial charge in [0.25, 0.3) is 0 Å². The number of carbonyl (C=O) groups excluding carboxylic acids is 3. The molecule has 0 spiro atoms. The number of anilines is 1. The van der Waals surface area contributed by atoms with Crippen LogP contribution in [-0.2, 0) is 20.9 Å². The number of nitrogens with one attached hydrogen (secondary N) is 1. The minimum atomic E-state index is -0.871. The average molecular weight is 331 g/mol. The standard InChI is InChI=1S/C10H4Cl2N4O3S/c11-3-1-4(12)9(8-7(3)14-20-15-8)16-6(18)2-5(17)13-10(16)19/h1H,2H2,(H,13,17,19). The Labute approximate surface area is 125 Å². The molecule has 102 valence electrons. The first kappa shape index (κ1) is 13.2. The SMILES string of the molecule is O=C1CC(=O)N(c2c(Cl)cc(Cl)c3c2N=S=N3)C(=O)N1. The van der Waals surface area contributed by atoms with Crippen LogP contribution in [0.25, 0.3) is 0 Å². The Balaban J connectivity index is 2.19. The molecule has 10 heteroatoms. The second-order valence-electron chi connectivity index (χ2n) is 3.91. The van der Waals surface area contributed by atoms with Gasteiger partial charge in [0.1, 0.15) is 23.5 Å². The smallest absolute Gasteiger partial charge is 0.277 e. The van der Waals surface area contributed by atoms with Crippen molar-refractivity contribution >= 4 is 69.5 Å². The molecule has 2 aliphatic rings. The highest BCUT2D eigenvalue weighted by Gasteiger charge is 2.36. The highest BCUT2D eigenvalue weighted by molar-refractivity contribution is 7.58. The van der Waals surface area contributed by atoms with Crippen LogP contribution in [0.2, 0.25) is 10.0 Å². The quantitative estimate of drug-likeness (QED) is 0.815. The first-order valence-electron chi connectivity index (χ1n) is 5.26. The van der Waals surface area contributed by atoms with Crippen molar-refractivity contribution in [2.45, 2.75) is 6.42 Å². The molecular formula is C10H4Cl2N4O3S. The molecule has 0 saturated carbocycles. The molecule has 2 aliphatic heterocycles. The van der Waals surface area contributed by atoms with E-state index in [9.17, 15) is 14.4 Å². The normalized spacial score (nSPS) is 17.1. The number of urea groups is 1. The summed E-state index contributed by atoms with van der Waals surface area (Å²) < 4.78 is 7.99. The van der Waals surface area contributed by atoms with Crippen LogP contribution in [-0.4, -0.2) is 17.8 Å². The molecule has 0 bridgehead atoms. The zero-order chi connectivity index (χ0) is 14.4. The number of nitrogens with zero attached hydrogens (tertiary/aromatic N) is 3. The van der Waals surface area contributed by atoms with Crippen molar-refractivity contribution in [1.29, 1.82) is 0 Å². The van der Waals surface area contributed by atoms with Gasteiger partial charge in [0.15, 0.2) is 0 Å². The maximum absolute atomic E-state index is 11.9. The van der Waals surface area contributed by atoms with Crippen LogP contribution in [0.15, 0.2) is 14.8 Å². The number of rotatable bonds is 1. The number of barbiturate groups is 1. The van der Waals surface area contributed by atoms with Gasteiger partial charge in [-0.25, -0.2) is 9.69 Å². The van der Waals surface area contributed by atoms with E-state index < -0.39 is 24.3 Å². The van der Waals surface area contributed by atoms with Gasteiger partial charge in [-0.3, -0.25) is 14.9 Å². The molecule has 1 aromatic rings. The highest BCUT2D eigenvalue weighted by atomic mass is 35.5. The van der Waals surface area contributed by atoms with Gasteiger partial charge in [-0.15, -0.1) is 0 Å². The molecule has 0 aliphatic carbocycles. The summed E-state index contributed by atoms with van der Waals surface area (Å²) in [6.45, 7) is 0. The zero-order valence-electron chi connectivity index (χ0n) is 9.52. The number of imide groups is 2. The Morgan fingerprint density at radius 3 is 2.55 bits per heavy atom. The third-order valence-corrected chi connectivity index (χ3v) is 3.76. The van der Waals surface area contributed by atoms with Gasteiger partial charge in [-0.2, -0.15) is 8.73 Å². The fourth-order valence-corrected chi connectivity index (χ4v) is 3.04. The summed E-state index contributed by atoms with van der Waals surface area (Å²) in [6.07, 6.45) is -0.441. The van der Waals surface area contributed by atoms with E-state index in [1.807, 2.05) is 5.32 Å². The van der Waals surface area contributed by atoms with Crippen molar-refractivity contribution in [3.05, 3.63) is 16.1 Å². The third kappa shape index (κ3) is 1.92. The number of fused-ring (bicyclic) bond motifs is 1. The van der Waals surface area contributed by atoms with Crippen molar-refractivity contribution in [3.8, 4) is 0 Å². The van der Waals surface area contributed by atoms with Gasteiger partial charge < -0.3 is 0 Å². The summed E-state index contributed by atoms with van der Waals surface area (Å²) in [4.78, 5) is 35.7. The van der Waals surface area contributed by atoms with Gasteiger partial charge in [0.2, 0.25) is 11.8 Å². The lowest BCUT2D eigenvalue weighted by Gasteiger charge is -2.26. The largest absolute Gasteiger partial charge is 0.335 e. The van der Waals surface area contributed by atoms with E-state index >= 15 is 0 Å². The third-order valence-electron chi connectivity index (χ3n) is 2.65. The van der Waals surface area contributed by atoms with Crippen molar-refractivity contribution in [3.63, 3.8) is 0 Å². The van der Waals surface area contributed by atoms with Crippen molar-refractivity contribution < 1.29 is 14.4 Å². The van der Waals surface area contributed by atoms with Crippen LogP contribution >= 0.6 is 23.2 Å². The molecule has 0 unspecified atom stereocenters. The predicted octanol–water partition coefficient (Wildman–Crippen LogP) is 2.69. The maximum Gasteiger partial charge on any atom is 0.335 e. The van der Waals surface area contributed by atoms with Crippen LogP contribution in [0.5, 0.6) is 0 Å². The number of hydrogen-bond acceptors (Lipinski definition) is 5. The molecule has 0 radical (unpaired) electrons. The van der Waals surface area contributed by atoms with Crippen LogP contribution in [0.4, 0.5) is 21.9 Å². The summed E-state index contributed by atoms with van der Waals surface area (Å²) in [7, 11) is 0. The molecule has 7 nitrogen and oxygen atoms in total. The number of benzene rings is 1. The fourth-order valence-electron chi connectivity index (χ4n) is 1.85. The molecule has 1 N–H and O–H groups in total. The summed E-state index contributed by atoms with van der Waals surface area (Å²) in [5.41, 5.74) is 0.661. The van der Waals surface area contributed by atoms with Crippen LogP contribution in [0.1, 0.15) is 6.42 Å². The Hall–Kier alpha value is -1.77. The number of carbonyl (C=O) groups is 3. The minimum Gasteiger partial charge on any atom is -0.277 e. The molecule has 1 fully saturated rings. The summed E-state index contributed by atoms with van der Waals surface area (Å²) >= 11 is 12.9. The van der Waals surface area contributed by atoms with Crippen molar-refractivity contribution in [2.75, 3.05) is 4.90 Å². The second-order valence-corrected chi connectivity index (χ2v) is 5.25. The molecule has 1 aromatic carbocycles. The van der Waals surface area contributed by atoms with E-state index in [4.69, 9.17) is 23.2 Å². The topological polar surface area (TPSA) is 91.2 Å². The molecule has 0 atom stereocenters. The summed E-state index contributed by atoms with van der Waals surface area (Å²) in [5.74, 6) is -1.34. The van der Waals surface area contributed by atoms with Crippen LogP contribution in [0.3, 0.4) is 0 Å². The number of halogens is 2. The lowest BCUT2D eigenvalue weighted by molar-refractivity contribution is -0.128. The van der Waals surface area contributed by atoms with Crippen molar-refractivity contribution in [1.82, 2.24) is 5.32 Å². The van der Waals surface area contributed by atoms with Gasteiger partial charge in [-0.1, -0.05) is 23.2 Å². The molecule has 4 amide bonds. The molecule has 20 heavy (non-hydrogen) atoms. The zero-order valence-corrected chi connectivity index (χ0v) is 11.8. The van der Waals surface area contributed by atoms with Crippen molar-refractivity contribution in [2.24, 2.45) is 8.73 Å². The molecule has 2 heterocycles. The molecule has 1 saturated heterocycles. The minimum absolute atomic E-state index is 0.0769. The highest BCUT2D eigenvalue weighted by Crippen LogP contribution is 2.49. The lowest BCUT2D eigenvalue weighted by atomic mass is 10.2. The maximum atomic E-state index is 11.9. The Morgan fingerprint density at radius 1 is 1.15 bits per heavy atom. The number of hydrogen-bond donors (Lipinski definition) is 1. The Morgan fingerprint density at radius 2 is 1.85 bits per heavy atom. The van der Waals surface area contributed by atoms with E-state index in [1.54, 1.807) is 0 Å². The molecule has 0 aromatic heterocycles. The first-order chi connectivity index (χ1) is 9.49. The van der Waals surface area contributed by atoms with Gasteiger partial charge >= 0.3 is 6.03 Å². The van der Waals surface area contributed by atoms with E-state index in [0.29, 0.717) is 5.69 Å². The second kappa shape index (κ2) is 4.65. The predicted molar refractivity (Wildman–Crippen MR) is 73.6 cm³/mol. The lowest BCUT2D eigenvalue weighted by Crippen LogP contribution is -2.53. The Bertz CT molecular complexity index is 737. The average Bonchev–Trinajstić information content (AvgIpc) is 2.81. The van der Waals surface area contributed by atoms with E-state index in [0.717, 1.165) is 16.3 Å². The Kier molecular flexibility index (Phi) is 3.08. The summed E-state index contributed by atoms with van der Waals surface area (Å²) in [6, 6.07) is 0.504. The monoisotopic (exact) mass is 330 g/mol. The van der Waals surface area contributed by atoms with Gasteiger partial charge in [-0.05, 0) is 6.07 Å². The molecule has 3 rings (SSSR count). The number of amides is 4. The molecular weight excluding hydrogens is 327 g/mol. The fraction of sp³-hybridized carbons (Fsp3) is 0.100. The van der Waals surface area contributed by atoms with E-state index in [1.165, 1.54) is 6.07 Å². The van der Waals surface area contributed by atoms with Gasteiger partial charge in [0, 0.05) is 0 Å². The van der Waals surface area contributed by atoms with E-state index in [2.05, 4.69) is 8.73 Å². The first-order valence-corrected chi connectivity index (χ1v) is 6.74. The van der Waals surface area contributed by atoms with Gasteiger partial charge in [0.05, 0.1) is 21.4 Å². The summed E-state index contributed by atoms with van der Waals surface area (Å²) in [5, 5.41) is 2.39. The van der Waals surface area contributed by atoms with Crippen LogP contribution in [0, 0.1) is 0 Å².